The van der Waals surface area contributed by atoms with E-state index in [0.29, 0.717) is 16.9 Å². The van der Waals surface area contributed by atoms with E-state index in [2.05, 4.69) is 10.6 Å². The van der Waals surface area contributed by atoms with E-state index >= 15 is 0 Å². The summed E-state index contributed by atoms with van der Waals surface area (Å²) in [5.74, 6) is -0.808. The van der Waals surface area contributed by atoms with Gasteiger partial charge in [0, 0.05) is 23.1 Å². The number of nitrogens with zero attached hydrogens (tertiary/aromatic N) is 1. The fourth-order valence-electron chi connectivity index (χ4n) is 2.31. The third-order valence-corrected chi connectivity index (χ3v) is 3.72. The highest BCUT2D eigenvalue weighted by molar-refractivity contribution is 6.07. The normalized spacial score (nSPS) is 10.9. The molecule has 0 radical (unpaired) electrons. The van der Waals surface area contributed by atoms with Crippen molar-refractivity contribution in [3.05, 3.63) is 71.4 Å². The van der Waals surface area contributed by atoms with Crippen molar-refractivity contribution >= 4 is 23.2 Å². The van der Waals surface area contributed by atoms with Crippen molar-refractivity contribution < 1.29 is 9.59 Å². The zero-order valence-corrected chi connectivity index (χ0v) is 14.6. The average molecular weight is 348 g/mol. The summed E-state index contributed by atoms with van der Waals surface area (Å²) in [5.41, 5.74) is 7.89. The lowest BCUT2D eigenvalue weighted by molar-refractivity contribution is -0.112. The summed E-state index contributed by atoms with van der Waals surface area (Å²) >= 11 is 0. The quantitative estimate of drug-likeness (QED) is 0.438. The van der Waals surface area contributed by atoms with Crippen LogP contribution in [0.5, 0.6) is 0 Å². The molecule has 0 unspecified atom stereocenters. The Bertz CT molecular complexity index is 877. The molecular formula is C20H20N4O2. The lowest BCUT2D eigenvalue weighted by atomic mass is 10.0. The largest absolute Gasteiger partial charge is 0.399 e. The van der Waals surface area contributed by atoms with E-state index in [1.807, 2.05) is 26.0 Å². The Hall–Kier alpha value is -3.59. The third kappa shape index (κ3) is 4.71. The van der Waals surface area contributed by atoms with Gasteiger partial charge in [-0.1, -0.05) is 32.0 Å². The summed E-state index contributed by atoms with van der Waals surface area (Å²) in [7, 11) is 0. The molecule has 6 heteroatoms. The van der Waals surface area contributed by atoms with Crippen molar-refractivity contribution in [1.82, 2.24) is 5.32 Å². The van der Waals surface area contributed by atoms with Gasteiger partial charge >= 0.3 is 0 Å². The van der Waals surface area contributed by atoms with Gasteiger partial charge in [0.2, 0.25) is 0 Å². The zero-order valence-electron chi connectivity index (χ0n) is 14.6. The first-order valence-corrected chi connectivity index (χ1v) is 8.09. The van der Waals surface area contributed by atoms with Crippen LogP contribution >= 0.6 is 0 Å². The summed E-state index contributed by atoms with van der Waals surface area (Å²) in [6.45, 7) is 4.03. The Kier molecular flexibility index (Phi) is 6.12. The highest BCUT2D eigenvalue weighted by atomic mass is 16.2. The van der Waals surface area contributed by atoms with Crippen molar-refractivity contribution in [2.75, 3.05) is 11.1 Å². The van der Waals surface area contributed by atoms with Crippen LogP contribution in [0.3, 0.4) is 0 Å². The monoisotopic (exact) mass is 348 g/mol. The van der Waals surface area contributed by atoms with E-state index in [1.54, 1.807) is 42.5 Å². The average Bonchev–Trinajstić information content (AvgIpc) is 2.63. The molecule has 0 saturated heterocycles. The molecule has 2 aromatic rings. The fourth-order valence-corrected chi connectivity index (χ4v) is 2.31. The molecule has 4 N–H and O–H groups in total. The lowest BCUT2D eigenvalue weighted by Crippen LogP contribution is -2.21. The predicted molar refractivity (Wildman–Crippen MR) is 101 cm³/mol. The van der Waals surface area contributed by atoms with Crippen LogP contribution in [0, 0.1) is 11.3 Å². The molecule has 0 fully saturated rings. The van der Waals surface area contributed by atoms with Crippen molar-refractivity contribution in [1.29, 1.82) is 5.26 Å². The zero-order chi connectivity index (χ0) is 19.1. The minimum atomic E-state index is -0.585. The smallest absolute Gasteiger partial charge is 0.267 e. The first kappa shape index (κ1) is 18.7. The Morgan fingerprint density at radius 3 is 2.38 bits per heavy atom. The number of para-hydroxylation sites is 1. The van der Waals surface area contributed by atoms with E-state index in [-0.39, 0.29) is 11.5 Å². The topological polar surface area (TPSA) is 108 Å². The van der Waals surface area contributed by atoms with Crippen LogP contribution in [-0.2, 0) is 4.79 Å². The van der Waals surface area contributed by atoms with Gasteiger partial charge in [-0.3, -0.25) is 9.59 Å². The number of amides is 2. The summed E-state index contributed by atoms with van der Waals surface area (Å²) < 4.78 is 0. The predicted octanol–water partition coefficient (Wildman–Crippen LogP) is 3.17. The number of nitriles is 1. The number of nitrogens with two attached hydrogens (primary N) is 1. The molecule has 0 aliphatic rings. The molecular weight excluding hydrogens is 328 g/mol. The van der Waals surface area contributed by atoms with Gasteiger partial charge in [0.1, 0.15) is 11.6 Å². The van der Waals surface area contributed by atoms with E-state index in [1.165, 1.54) is 0 Å². The minimum Gasteiger partial charge on any atom is -0.399 e. The summed E-state index contributed by atoms with van der Waals surface area (Å²) in [5, 5.41) is 14.4. The Labute approximate surface area is 152 Å². The Balaban J connectivity index is 2.11. The van der Waals surface area contributed by atoms with E-state index in [9.17, 15) is 14.9 Å². The minimum absolute atomic E-state index is 0.202. The molecule has 2 aromatic carbocycles. The molecule has 6 nitrogen and oxygen atoms in total. The second kappa shape index (κ2) is 8.49. The van der Waals surface area contributed by atoms with Gasteiger partial charge in [-0.15, -0.1) is 0 Å². The van der Waals surface area contributed by atoms with Gasteiger partial charge < -0.3 is 16.4 Å². The molecule has 0 aliphatic heterocycles. The van der Waals surface area contributed by atoms with Gasteiger partial charge in [-0.05, 0) is 41.8 Å². The van der Waals surface area contributed by atoms with Crippen LogP contribution in [-0.4, -0.2) is 11.8 Å². The SMILES string of the molecule is CC(C)c1ccccc1NC(=O)/C(C#N)=C\NC(=O)c1ccc(N)cc1. The number of nitrogens with one attached hydrogen (secondary N) is 2. The third-order valence-electron chi connectivity index (χ3n) is 3.72. The molecule has 0 aliphatic carbocycles. The van der Waals surface area contributed by atoms with Gasteiger partial charge in [-0.25, -0.2) is 0 Å². The van der Waals surface area contributed by atoms with Gasteiger partial charge in [0.05, 0.1) is 0 Å². The number of benzene rings is 2. The Morgan fingerprint density at radius 1 is 1.12 bits per heavy atom. The van der Waals surface area contributed by atoms with Crippen LogP contribution in [0.25, 0.3) is 0 Å². The highest BCUT2D eigenvalue weighted by Crippen LogP contribution is 2.23. The molecule has 26 heavy (non-hydrogen) atoms. The molecule has 0 aromatic heterocycles. The maximum atomic E-state index is 12.3. The van der Waals surface area contributed by atoms with Gasteiger partial charge in [0.15, 0.2) is 0 Å². The Morgan fingerprint density at radius 2 is 1.77 bits per heavy atom. The second-order valence-corrected chi connectivity index (χ2v) is 5.96. The van der Waals surface area contributed by atoms with Crippen LogP contribution in [0.2, 0.25) is 0 Å². The first-order chi connectivity index (χ1) is 12.4. The molecule has 132 valence electrons. The van der Waals surface area contributed by atoms with Crippen molar-refractivity contribution in [2.24, 2.45) is 0 Å². The van der Waals surface area contributed by atoms with Crippen molar-refractivity contribution in [3.8, 4) is 6.07 Å². The van der Waals surface area contributed by atoms with E-state index in [0.717, 1.165) is 11.8 Å². The number of nitrogen functional groups attached to an aromatic ring is 1. The molecule has 2 amide bonds. The van der Waals surface area contributed by atoms with Gasteiger partial charge in [0.25, 0.3) is 11.8 Å². The van der Waals surface area contributed by atoms with Crippen LogP contribution in [0.1, 0.15) is 35.7 Å². The standard InChI is InChI=1S/C20H20N4O2/c1-13(2)17-5-3-4-6-18(17)24-20(26)15(11-21)12-23-19(25)14-7-9-16(22)10-8-14/h3-10,12-13H,22H2,1-2H3,(H,23,25)(H,24,26)/b15-12-. The second-order valence-electron chi connectivity index (χ2n) is 5.96. The van der Waals surface area contributed by atoms with E-state index < -0.39 is 11.8 Å². The number of hydrogen-bond donors (Lipinski definition) is 3. The molecule has 0 spiro atoms. The number of hydrogen-bond acceptors (Lipinski definition) is 4. The van der Waals surface area contributed by atoms with Gasteiger partial charge in [-0.2, -0.15) is 5.26 Å². The summed E-state index contributed by atoms with van der Waals surface area (Å²) in [4.78, 5) is 24.4. The number of carbonyl (C=O) groups excluding carboxylic acids is 2. The number of rotatable bonds is 5. The molecule has 2 rings (SSSR count). The molecule has 0 heterocycles. The number of anilines is 2. The van der Waals surface area contributed by atoms with Crippen LogP contribution < -0.4 is 16.4 Å². The summed E-state index contributed by atoms with van der Waals surface area (Å²) in [6.07, 6.45) is 1.10. The number of carbonyl (C=O) groups is 2. The van der Waals surface area contributed by atoms with E-state index in [4.69, 9.17) is 5.73 Å². The van der Waals surface area contributed by atoms with Crippen molar-refractivity contribution in [3.63, 3.8) is 0 Å². The molecule has 0 atom stereocenters. The summed E-state index contributed by atoms with van der Waals surface area (Å²) in [6, 6.07) is 15.5. The van der Waals surface area contributed by atoms with Crippen molar-refractivity contribution in [2.45, 2.75) is 19.8 Å². The van der Waals surface area contributed by atoms with Crippen LogP contribution in [0.4, 0.5) is 11.4 Å². The lowest BCUT2D eigenvalue weighted by Gasteiger charge is -2.13. The fraction of sp³-hybridized carbons (Fsp3) is 0.150. The maximum absolute atomic E-state index is 12.3. The highest BCUT2D eigenvalue weighted by Gasteiger charge is 2.13. The van der Waals surface area contributed by atoms with Crippen LogP contribution in [0.15, 0.2) is 60.3 Å². The molecule has 0 bridgehead atoms. The maximum Gasteiger partial charge on any atom is 0.267 e. The molecule has 0 saturated carbocycles. The first-order valence-electron chi connectivity index (χ1n) is 8.09.